The van der Waals surface area contributed by atoms with Crippen molar-refractivity contribution in [3.05, 3.63) is 58.9 Å². The fraction of sp³-hybridized carbons (Fsp3) is 0.133. The number of carboxylic acid groups (broad SMARTS) is 1. The van der Waals surface area contributed by atoms with Crippen LogP contribution in [0.5, 0.6) is 0 Å². The molecule has 0 heterocycles. The highest BCUT2D eigenvalue weighted by Crippen LogP contribution is 2.22. The number of nitrogens with one attached hydrogen (secondary N) is 1. The topological polar surface area (TPSA) is 83.5 Å². The zero-order valence-electron chi connectivity index (χ0n) is 11.9. The van der Waals surface area contributed by atoms with E-state index in [2.05, 4.69) is 4.72 Å². The Balaban J connectivity index is 2.43. The quantitative estimate of drug-likeness (QED) is 0.906. The summed E-state index contributed by atoms with van der Waals surface area (Å²) in [6.07, 6.45) is 0. The molecular formula is C15H14FNO4S. The molecule has 2 aromatic carbocycles. The van der Waals surface area contributed by atoms with E-state index in [0.29, 0.717) is 5.56 Å². The van der Waals surface area contributed by atoms with Crippen molar-refractivity contribution in [1.29, 1.82) is 0 Å². The molecule has 0 unspecified atom stereocenters. The number of anilines is 1. The van der Waals surface area contributed by atoms with Gasteiger partial charge < -0.3 is 5.11 Å². The molecule has 0 fully saturated rings. The van der Waals surface area contributed by atoms with Gasteiger partial charge in [0.2, 0.25) is 0 Å². The molecule has 22 heavy (non-hydrogen) atoms. The van der Waals surface area contributed by atoms with Crippen molar-refractivity contribution in [2.45, 2.75) is 18.7 Å². The Hall–Kier alpha value is -2.41. The molecule has 0 aromatic heterocycles. The van der Waals surface area contributed by atoms with Crippen LogP contribution in [0.3, 0.4) is 0 Å². The normalized spacial score (nSPS) is 11.2. The number of rotatable bonds is 4. The van der Waals surface area contributed by atoms with Gasteiger partial charge in [-0.05, 0) is 49.2 Å². The highest BCUT2D eigenvalue weighted by atomic mass is 32.2. The lowest BCUT2D eigenvalue weighted by Crippen LogP contribution is -2.15. The first-order chi connectivity index (χ1) is 10.2. The first-order valence-electron chi connectivity index (χ1n) is 6.33. The number of carbonyl (C=O) groups is 1. The summed E-state index contributed by atoms with van der Waals surface area (Å²) in [5.74, 6) is -2.40. The van der Waals surface area contributed by atoms with Crippen molar-refractivity contribution in [2.75, 3.05) is 4.72 Å². The van der Waals surface area contributed by atoms with Gasteiger partial charge in [-0.25, -0.2) is 17.6 Å². The van der Waals surface area contributed by atoms with Crippen LogP contribution in [0.1, 0.15) is 21.5 Å². The van der Waals surface area contributed by atoms with E-state index in [1.54, 1.807) is 26.0 Å². The van der Waals surface area contributed by atoms with Crippen LogP contribution >= 0.6 is 0 Å². The Labute approximate surface area is 127 Å². The minimum absolute atomic E-state index is 0.0142. The van der Waals surface area contributed by atoms with E-state index in [-0.39, 0.29) is 10.6 Å². The van der Waals surface area contributed by atoms with Gasteiger partial charge >= 0.3 is 5.97 Å². The lowest BCUT2D eigenvalue weighted by Gasteiger charge is -2.11. The summed E-state index contributed by atoms with van der Waals surface area (Å²) < 4.78 is 40.4. The summed E-state index contributed by atoms with van der Waals surface area (Å²) in [5.41, 5.74) is 0.718. The first-order valence-corrected chi connectivity index (χ1v) is 7.82. The standard InChI is InChI=1S/C15H14FNO4S/c1-9-3-4-10(2)14(7-9)22(20,21)17-11-5-6-13(16)12(8-11)15(18)19/h3-8,17H,1-2H3,(H,18,19). The number of halogens is 1. The molecule has 0 aliphatic rings. The smallest absolute Gasteiger partial charge is 0.338 e. The molecule has 0 saturated carbocycles. The molecule has 2 rings (SSSR count). The van der Waals surface area contributed by atoms with E-state index in [9.17, 15) is 17.6 Å². The maximum Gasteiger partial charge on any atom is 0.338 e. The van der Waals surface area contributed by atoms with E-state index in [1.165, 1.54) is 12.1 Å². The van der Waals surface area contributed by atoms with Gasteiger partial charge in [0.25, 0.3) is 10.0 Å². The lowest BCUT2D eigenvalue weighted by molar-refractivity contribution is 0.0692. The Kier molecular flexibility index (Phi) is 4.18. The van der Waals surface area contributed by atoms with Gasteiger partial charge in [-0.15, -0.1) is 0 Å². The number of carboxylic acids is 1. The second-order valence-electron chi connectivity index (χ2n) is 4.87. The predicted molar refractivity (Wildman–Crippen MR) is 80.1 cm³/mol. The summed E-state index contributed by atoms with van der Waals surface area (Å²) in [4.78, 5) is 11.0. The number of sulfonamides is 1. The number of aromatic carboxylic acids is 1. The van der Waals surface area contributed by atoms with E-state index in [0.717, 1.165) is 17.7 Å². The van der Waals surface area contributed by atoms with Gasteiger partial charge in [0.15, 0.2) is 0 Å². The molecule has 0 radical (unpaired) electrons. The fourth-order valence-corrected chi connectivity index (χ4v) is 3.34. The third-order valence-corrected chi connectivity index (χ3v) is 4.61. The average Bonchev–Trinajstić information content (AvgIpc) is 2.43. The van der Waals surface area contributed by atoms with Crippen molar-refractivity contribution in [3.8, 4) is 0 Å². The SMILES string of the molecule is Cc1ccc(C)c(S(=O)(=O)Nc2ccc(F)c(C(=O)O)c2)c1. The predicted octanol–water partition coefficient (Wildman–Crippen LogP) is 2.94. The summed E-state index contributed by atoms with van der Waals surface area (Å²) in [6, 6.07) is 8.00. The van der Waals surface area contributed by atoms with Gasteiger partial charge in [-0.3, -0.25) is 4.72 Å². The molecule has 0 amide bonds. The van der Waals surface area contributed by atoms with Gasteiger partial charge in [0, 0.05) is 5.69 Å². The Morgan fingerprint density at radius 3 is 2.45 bits per heavy atom. The van der Waals surface area contributed by atoms with Crippen LogP contribution in [0.25, 0.3) is 0 Å². The van der Waals surface area contributed by atoms with E-state index in [1.807, 2.05) is 0 Å². The number of benzene rings is 2. The second-order valence-corrected chi connectivity index (χ2v) is 6.53. The van der Waals surface area contributed by atoms with Crippen LogP contribution in [0, 0.1) is 19.7 Å². The van der Waals surface area contributed by atoms with Crippen LogP contribution < -0.4 is 4.72 Å². The largest absolute Gasteiger partial charge is 0.478 e. The molecule has 0 atom stereocenters. The molecule has 0 saturated heterocycles. The van der Waals surface area contributed by atoms with E-state index >= 15 is 0 Å². The molecule has 2 aromatic rings. The average molecular weight is 323 g/mol. The van der Waals surface area contributed by atoms with Crippen molar-refractivity contribution in [2.24, 2.45) is 0 Å². The molecule has 0 spiro atoms. The minimum atomic E-state index is -3.89. The molecule has 7 heteroatoms. The highest BCUT2D eigenvalue weighted by Gasteiger charge is 2.19. The Morgan fingerprint density at radius 2 is 1.82 bits per heavy atom. The summed E-state index contributed by atoms with van der Waals surface area (Å²) >= 11 is 0. The Bertz CT molecular complexity index is 847. The number of aryl methyl sites for hydroxylation is 2. The molecule has 0 aliphatic carbocycles. The van der Waals surface area contributed by atoms with Gasteiger partial charge in [-0.1, -0.05) is 12.1 Å². The van der Waals surface area contributed by atoms with Gasteiger partial charge in [-0.2, -0.15) is 0 Å². The van der Waals surface area contributed by atoms with Crippen molar-refractivity contribution >= 4 is 21.7 Å². The van der Waals surface area contributed by atoms with Crippen LogP contribution in [-0.4, -0.2) is 19.5 Å². The van der Waals surface area contributed by atoms with Crippen LogP contribution in [-0.2, 0) is 10.0 Å². The minimum Gasteiger partial charge on any atom is -0.478 e. The molecule has 116 valence electrons. The van der Waals surface area contributed by atoms with Crippen LogP contribution in [0.15, 0.2) is 41.3 Å². The maximum atomic E-state index is 13.3. The highest BCUT2D eigenvalue weighted by molar-refractivity contribution is 7.92. The monoisotopic (exact) mass is 323 g/mol. The molecule has 0 bridgehead atoms. The summed E-state index contributed by atoms with van der Waals surface area (Å²) in [7, 11) is -3.89. The molecular weight excluding hydrogens is 309 g/mol. The van der Waals surface area contributed by atoms with Crippen molar-refractivity contribution in [3.63, 3.8) is 0 Å². The van der Waals surface area contributed by atoms with Crippen LogP contribution in [0.2, 0.25) is 0 Å². The first kappa shape index (κ1) is 16.0. The van der Waals surface area contributed by atoms with Crippen molar-refractivity contribution < 1.29 is 22.7 Å². The summed E-state index contributed by atoms with van der Waals surface area (Å²) in [6.45, 7) is 3.42. The van der Waals surface area contributed by atoms with Crippen molar-refractivity contribution in [1.82, 2.24) is 0 Å². The zero-order valence-corrected chi connectivity index (χ0v) is 12.7. The molecule has 2 N–H and O–H groups in total. The third-order valence-electron chi connectivity index (χ3n) is 3.08. The maximum absolute atomic E-state index is 13.3. The van der Waals surface area contributed by atoms with Gasteiger partial charge in [0.1, 0.15) is 5.82 Å². The fourth-order valence-electron chi connectivity index (χ4n) is 1.96. The molecule has 0 aliphatic heterocycles. The molecule has 5 nitrogen and oxygen atoms in total. The van der Waals surface area contributed by atoms with E-state index < -0.39 is 27.4 Å². The Morgan fingerprint density at radius 1 is 1.14 bits per heavy atom. The third kappa shape index (κ3) is 3.25. The van der Waals surface area contributed by atoms with Gasteiger partial charge in [0.05, 0.1) is 10.5 Å². The second kappa shape index (κ2) is 5.76. The zero-order chi connectivity index (χ0) is 16.5. The van der Waals surface area contributed by atoms with E-state index in [4.69, 9.17) is 5.11 Å². The summed E-state index contributed by atoms with van der Waals surface area (Å²) in [5, 5.41) is 8.87. The van der Waals surface area contributed by atoms with Crippen LogP contribution in [0.4, 0.5) is 10.1 Å². The lowest BCUT2D eigenvalue weighted by atomic mass is 10.2. The number of hydrogen-bond acceptors (Lipinski definition) is 3. The number of hydrogen-bond donors (Lipinski definition) is 2.